The van der Waals surface area contributed by atoms with Crippen molar-refractivity contribution < 1.29 is 13.6 Å². The minimum Gasteiger partial charge on any atom is -0.465 e. The van der Waals surface area contributed by atoms with E-state index in [-0.39, 0.29) is 24.4 Å². The van der Waals surface area contributed by atoms with Gasteiger partial charge in [-0.05, 0) is 70.1 Å². The van der Waals surface area contributed by atoms with E-state index in [2.05, 4.69) is 26.1 Å². The molecule has 1 aliphatic rings. The van der Waals surface area contributed by atoms with Crippen LogP contribution in [0.3, 0.4) is 0 Å². The first-order valence-electron chi connectivity index (χ1n) is 9.80. The summed E-state index contributed by atoms with van der Waals surface area (Å²) in [6.07, 6.45) is 3.63. The second-order valence-corrected chi connectivity index (χ2v) is 8.38. The molecule has 1 N–H and O–H groups in total. The molecule has 29 heavy (non-hydrogen) atoms. The number of likely N-dealkylation sites (tertiary alicyclic amines) is 1. The number of piperidine rings is 1. The van der Waals surface area contributed by atoms with Crippen molar-refractivity contribution in [2.75, 3.05) is 19.6 Å². The number of rotatable bonds is 5. The quantitative estimate of drug-likeness (QED) is 0.501. The number of nitrogens with zero attached hydrogens (tertiary/aromatic N) is 1. The Labute approximate surface area is 185 Å². The standard InChI is InChI=1S/C22H25BrN2O3.ClH/c1-14-6-8-20(27-14)18(25-10-4-3-5-11-25)13-24-22(26)21-15(2)17-12-16(23)7-9-19(17)28-21;/h6-9,12,18H,3-5,10-11,13H2,1-2H3,(H,24,26);1H. The SMILES string of the molecule is Cc1ccc(C(CNC(=O)c2oc3ccc(Br)cc3c2C)N2CCCCC2)o1.Cl. The highest BCUT2D eigenvalue weighted by Crippen LogP contribution is 2.29. The molecule has 1 unspecified atom stereocenters. The second-order valence-electron chi connectivity index (χ2n) is 7.47. The number of aryl methyl sites for hydroxylation is 2. The molecule has 2 aromatic heterocycles. The largest absolute Gasteiger partial charge is 0.465 e. The molecule has 1 amide bonds. The van der Waals surface area contributed by atoms with Gasteiger partial charge in [0.15, 0.2) is 5.76 Å². The summed E-state index contributed by atoms with van der Waals surface area (Å²) in [5.74, 6) is 1.99. The van der Waals surface area contributed by atoms with Crippen LogP contribution in [-0.2, 0) is 0 Å². The Hall–Kier alpha value is -1.76. The highest BCUT2D eigenvalue weighted by molar-refractivity contribution is 9.10. The van der Waals surface area contributed by atoms with Gasteiger partial charge in [0.05, 0.1) is 6.04 Å². The van der Waals surface area contributed by atoms with Crippen LogP contribution in [0, 0.1) is 13.8 Å². The van der Waals surface area contributed by atoms with Crippen molar-refractivity contribution in [1.82, 2.24) is 10.2 Å². The molecular formula is C22H26BrClN2O3. The topological polar surface area (TPSA) is 58.6 Å². The van der Waals surface area contributed by atoms with Gasteiger partial charge in [-0.3, -0.25) is 9.69 Å². The summed E-state index contributed by atoms with van der Waals surface area (Å²) < 4.78 is 12.7. The Balaban J connectivity index is 0.00000240. The van der Waals surface area contributed by atoms with Gasteiger partial charge in [-0.1, -0.05) is 22.4 Å². The molecule has 3 aromatic rings. The molecule has 1 fully saturated rings. The minimum absolute atomic E-state index is 0. The maximum atomic E-state index is 12.9. The van der Waals surface area contributed by atoms with Crippen molar-refractivity contribution in [1.29, 1.82) is 0 Å². The number of carbonyl (C=O) groups is 1. The van der Waals surface area contributed by atoms with Crippen LogP contribution in [0.2, 0.25) is 0 Å². The van der Waals surface area contributed by atoms with Crippen LogP contribution in [0.25, 0.3) is 11.0 Å². The Bertz CT molecular complexity index is 991. The average Bonchev–Trinajstić information content (AvgIpc) is 3.26. The van der Waals surface area contributed by atoms with Gasteiger partial charge < -0.3 is 14.2 Å². The molecule has 1 aliphatic heterocycles. The summed E-state index contributed by atoms with van der Waals surface area (Å²) in [5.41, 5.74) is 1.58. The fraction of sp³-hybridized carbons (Fsp3) is 0.409. The number of benzene rings is 1. The van der Waals surface area contributed by atoms with Crippen molar-refractivity contribution in [2.45, 2.75) is 39.2 Å². The number of hydrogen-bond acceptors (Lipinski definition) is 4. The molecule has 0 aliphatic carbocycles. The number of halogens is 2. The number of amides is 1. The number of fused-ring (bicyclic) bond motifs is 1. The Kier molecular flexibility index (Phi) is 7.09. The maximum absolute atomic E-state index is 12.9. The predicted octanol–water partition coefficient (Wildman–Crippen LogP) is 5.78. The molecular weight excluding hydrogens is 456 g/mol. The second kappa shape index (κ2) is 9.37. The summed E-state index contributed by atoms with van der Waals surface area (Å²) in [6, 6.07) is 9.81. The van der Waals surface area contributed by atoms with E-state index in [0.717, 1.165) is 45.6 Å². The minimum atomic E-state index is -0.185. The molecule has 1 atom stereocenters. The zero-order valence-corrected chi connectivity index (χ0v) is 19.1. The van der Waals surface area contributed by atoms with Gasteiger partial charge in [-0.25, -0.2) is 0 Å². The van der Waals surface area contributed by atoms with E-state index < -0.39 is 0 Å². The van der Waals surface area contributed by atoms with Gasteiger partial charge in [0.1, 0.15) is 17.1 Å². The fourth-order valence-corrected chi connectivity index (χ4v) is 4.31. The molecule has 1 aromatic carbocycles. The molecule has 0 radical (unpaired) electrons. The van der Waals surface area contributed by atoms with Crippen molar-refractivity contribution in [3.05, 3.63) is 57.6 Å². The predicted molar refractivity (Wildman–Crippen MR) is 120 cm³/mol. The summed E-state index contributed by atoms with van der Waals surface area (Å²) in [6.45, 7) is 6.42. The van der Waals surface area contributed by atoms with Crippen LogP contribution in [0.15, 0.2) is 43.6 Å². The van der Waals surface area contributed by atoms with Crippen LogP contribution < -0.4 is 5.32 Å². The number of carbonyl (C=O) groups excluding carboxylic acids is 1. The highest BCUT2D eigenvalue weighted by Gasteiger charge is 2.26. The molecule has 0 bridgehead atoms. The smallest absolute Gasteiger partial charge is 0.287 e. The first-order chi connectivity index (χ1) is 13.5. The summed E-state index contributed by atoms with van der Waals surface area (Å²) in [5, 5.41) is 4.03. The molecule has 0 spiro atoms. The first-order valence-corrected chi connectivity index (χ1v) is 10.6. The van der Waals surface area contributed by atoms with E-state index in [1.165, 1.54) is 19.3 Å². The van der Waals surface area contributed by atoms with E-state index in [1.807, 2.05) is 44.2 Å². The Morgan fingerprint density at radius 1 is 1.14 bits per heavy atom. The molecule has 4 rings (SSSR count). The van der Waals surface area contributed by atoms with E-state index in [1.54, 1.807) is 0 Å². The third-order valence-corrected chi connectivity index (χ3v) is 5.97. The number of hydrogen-bond donors (Lipinski definition) is 1. The lowest BCUT2D eigenvalue weighted by Crippen LogP contribution is -2.40. The van der Waals surface area contributed by atoms with Crippen LogP contribution in [0.5, 0.6) is 0 Å². The van der Waals surface area contributed by atoms with E-state index in [0.29, 0.717) is 12.3 Å². The van der Waals surface area contributed by atoms with Gasteiger partial charge >= 0.3 is 0 Å². The lowest BCUT2D eigenvalue weighted by Gasteiger charge is -2.33. The summed E-state index contributed by atoms with van der Waals surface area (Å²) in [4.78, 5) is 15.3. The van der Waals surface area contributed by atoms with Gasteiger partial charge in [0.25, 0.3) is 5.91 Å². The van der Waals surface area contributed by atoms with Crippen molar-refractivity contribution in [3.8, 4) is 0 Å². The molecule has 156 valence electrons. The van der Waals surface area contributed by atoms with Gasteiger partial charge in [0, 0.05) is 22.0 Å². The van der Waals surface area contributed by atoms with E-state index in [4.69, 9.17) is 8.83 Å². The van der Waals surface area contributed by atoms with E-state index >= 15 is 0 Å². The van der Waals surface area contributed by atoms with Crippen LogP contribution in [0.4, 0.5) is 0 Å². The molecule has 3 heterocycles. The van der Waals surface area contributed by atoms with E-state index in [9.17, 15) is 4.79 Å². The van der Waals surface area contributed by atoms with Gasteiger partial charge in [-0.15, -0.1) is 12.4 Å². The summed E-state index contributed by atoms with van der Waals surface area (Å²) >= 11 is 3.48. The van der Waals surface area contributed by atoms with Crippen LogP contribution in [0.1, 0.15) is 52.9 Å². The lowest BCUT2D eigenvalue weighted by molar-refractivity contribution is 0.0888. The van der Waals surface area contributed by atoms with Crippen molar-refractivity contribution in [2.24, 2.45) is 0 Å². The zero-order valence-electron chi connectivity index (χ0n) is 16.7. The van der Waals surface area contributed by atoms with Gasteiger partial charge in [0.2, 0.25) is 0 Å². The molecule has 1 saturated heterocycles. The third kappa shape index (κ3) is 4.71. The highest BCUT2D eigenvalue weighted by atomic mass is 79.9. The summed E-state index contributed by atoms with van der Waals surface area (Å²) in [7, 11) is 0. The van der Waals surface area contributed by atoms with Gasteiger partial charge in [-0.2, -0.15) is 0 Å². The Morgan fingerprint density at radius 2 is 1.90 bits per heavy atom. The first kappa shape index (κ1) is 21.9. The Morgan fingerprint density at radius 3 is 2.59 bits per heavy atom. The van der Waals surface area contributed by atoms with Crippen molar-refractivity contribution in [3.63, 3.8) is 0 Å². The third-order valence-electron chi connectivity index (χ3n) is 5.48. The monoisotopic (exact) mass is 480 g/mol. The zero-order chi connectivity index (χ0) is 19.7. The van der Waals surface area contributed by atoms with Crippen LogP contribution >= 0.6 is 28.3 Å². The normalized spacial score (nSPS) is 15.8. The molecule has 7 heteroatoms. The van der Waals surface area contributed by atoms with Crippen LogP contribution in [-0.4, -0.2) is 30.4 Å². The average molecular weight is 482 g/mol. The fourth-order valence-electron chi connectivity index (χ4n) is 3.95. The number of furan rings is 2. The number of nitrogens with one attached hydrogen (secondary N) is 1. The molecule has 0 saturated carbocycles. The maximum Gasteiger partial charge on any atom is 0.287 e. The van der Waals surface area contributed by atoms with Crippen molar-refractivity contribution >= 4 is 45.2 Å². The molecule has 5 nitrogen and oxygen atoms in total. The lowest BCUT2D eigenvalue weighted by atomic mass is 10.1.